The molecule has 0 aromatic heterocycles. The largest absolute Gasteiger partial charge is 0.469 e. The highest BCUT2D eigenvalue weighted by Gasteiger charge is 2.50. The lowest BCUT2D eigenvalue weighted by molar-refractivity contribution is -0.143. The van der Waals surface area contributed by atoms with Gasteiger partial charge in [0.2, 0.25) is 0 Å². The van der Waals surface area contributed by atoms with Gasteiger partial charge in [-0.2, -0.15) is 0 Å². The zero-order chi connectivity index (χ0) is 44.6. The molecule has 3 fully saturated rings. The van der Waals surface area contributed by atoms with Crippen molar-refractivity contribution in [2.75, 3.05) is 27.4 Å². The first-order valence-electron chi connectivity index (χ1n) is 23.2. The van der Waals surface area contributed by atoms with E-state index in [0.717, 1.165) is 50.7 Å². The molecule has 3 rings (SSSR count). The summed E-state index contributed by atoms with van der Waals surface area (Å²) in [4.78, 5) is 12.9. The van der Waals surface area contributed by atoms with Gasteiger partial charge in [0.1, 0.15) is 0 Å². The summed E-state index contributed by atoms with van der Waals surface area (Å²) in [6.07, 6.45) is 6.18. The van der Waals surface area contributed by atoms with Gasteiger partial charge in [0.25, 0.3) is 0 Å². The van der Waals surface area contributed by atoms with E-state index in [0.29, 0.717) is 25.4 Å². The van der Waals surface area contributed by atoms with Crippen molar-refractivity contribution in [3.63, 3.8) is 0 Å². The van der Waals surface area contributed by atoms with E-state index in [-0.39, 0.29) is 77.2 Å². The Morgan fingerprint density at radius 3 is 1.98 bits per heavy atom. The van der Waals surface area contributed by atoms with Crippen molar-refractivity contribution in [1.29, 1.82) is 0 Å². The molecule has 0 N–H and O–H groups in total. The number of carbonyl (C=O) groups is 1. The lowest BCUT2D eigenvalue weighted by atomic mass is 9.82. The summed E-state index contributed by atoms with van der Waals surface area (Å²) < 4.78 is 52.4. The molecule has 1 unspecified atom stereocenters. The van der Waals surface area contributed by atoms with Crippen molar-refractivity contribution >= 4 is 30.9 Å². The molecule has 10 atom stereocenters. The van der Waals surface area contributed by atoms with E-state index in [1.807, 2.05) is 0 Å². The molecule has 3 aliphatic heterocycles. The average Bonchev–Trinajstić information content (AvgIpc) is 3.67. The Morgan fingerprint density at radius 2 is 1.42 bits per heavy atom. The third-order valence-electron chi connectivity index (χ3n) is 15.2. The minimum absolute atomic E-state index is 0.0293. The van der Waals surface area contributed by atoms with Gasteiger partial charge >= 0.3 is 5.97 Å². The van der Waals surface area contributed by atoms with Crippen LogP contribution in [0, 0.1) is 11.8 Å². The number of rotatable bonds is 23. The van der Waals surface area contributed by atoms with E-state index in [1.54, 1.807) is 7.11 Å². The zero-order valence-corrected chi connectivity index (χ0v) is 43.8. The van der Waals surface area contributed by atoms with Gasteiger partial charge in [-0.1, -0.05) is 82.4 Å². The SMILES string of the molecule is C=C1C[C@H](CCCO[Si](CC)(CC)CC)O[C@H]1CC[C@H]1C[C@@H](C)C(=C)[C@@H](C[C@@H]2O[C@H](CC(CO[Si](C)(C)C(C)(C)C)O[Si](C)(C)C(C)(C)C)[C@H](OC)[C@H]2CC(=O)OC)O1. The molecule has 3 heterocycles. The fourth-order valence-corrected chi connectivity index (χ4v) is 13.8. The van der Waals surface area contributed by atoms with Crippen LogP contribution in [0.1, 0.15) is 127 Å². The number of hydrogen-bond acceptors (Lipinski definition) is 9. The highest BCUT2D eigenvalue weighted by Crippen LogP contribution is 2.44. The molecule has 0 spiro atoms. The number of methoxy groups -OCH3 is 2. The van der Waals surface area contributed by atoms with Gasteiger partial charge in [0, 0.05) is 32.5 Å². The fourth-order valence-electron chi connectivity index (χ4n) is 8.76. The second-order valence-corrected chi connectivity index (χ2v) is 35.6. The molecule has 344 valence electrons. The molecule has 0 aliphatic carbocycles. The Bertz CT molecular complexity index is 1330. The second-order valence-electron chi connectivity index (χ2n) is 21.3. The van der Waals surface area contributed by atoms with Gasteiger partial charge in [-0.05, 0) is 110 Å². The van der Waals surface area contributed by atoms with E-state index < -0.39 is 25.0 Å². The fraction of sp³-hybridized carbons (Fsp3) is 0.894. The molecule has 0 amide bonds. The first kappa shape index (κ1) is 52.7. The number of hydrogen-bond donors (Lipinski definition) is 0. The molecule has 0 aromatic rings. The van der Waals surface area contributed by atoms with Crippen LogP contribution < -0.4 is 0 Å². The summed E-state index contributed by atoms with van der Waals surface area (Å²) in [5.41, 5.74) is 2.29. The van der Waals surface area contributed by atoms with Gasteiger partial charge in [0.05, 0.1) is 69.0 Å². The Morgan fingerprint density at radius 1 is 0.814 bits per heavy atom. The van der Waals surface area contributed by atoms with Crippen LogP contribution in [0.3, 0.4) is 0 Å². The van der Waals surface area contributed by atoms with Crippen LogP contribution in [0.2, 0.25) is 54.4 Å². The minimum atomic E-state index is -2.17. The van der Waals surface area contributed by atoms with Gasteiger partial charge in [-0.25, -0.2) is 0 Å². The van der Waals surface area contributed by atoms with Crippen molar-refractivity contribution in [2.24, 2.45) is 11.8 Å². The molecule has 59 heavy (non-hydrogen) atoms. The van der Waals surface area contributed by atoms with Crippen molar-refractivity contribution in [3.8, 4) is 0 Å². The van der Waals surface area contributed by atoms with Crippen LogP contribution >= 0.6 is 0 Å². The maximum atomic E-state index is 12.9. The quantitative estimate of drug-likeness (QED) is 0.0431. The smallest absolute Gasteiger partial charge is 0.305 e. The zero-order valence-electron chi connectivity index (χ0n) is 40.8. The van der Waals surface area contributed by atoms with Crippen LogP contribution in [-0.4, -0.2) is 107 Å². The highest BCUT2D eigenvalue weighted by atomic mass is 28.4. The van der Waals surface area contributed by atoms with Crippen LogP contribution in [0.5, 0.6) is 0 Å². The maximum absolute atomic E-state index is 12.9. The standard InChI is InChI=1S/C47H90O9Si3/c1-19-59(20-2,21-3)51-26-22-23-36-28-34(5)40(53-36)25-24-37-27-33(4)35(6)41(54-37)31-42-39(30-44(48)49-13)45(50-14)43(55-42)29-38(56-58(17,18)47(10,11)12)32-52-57(15,16)46(7,8)9/h33,36-43,45H,5-6,19-32H2,1-4,7-18H3/t33-,36+,37+,38?,39+,40+,41-,42+,43-,45-/m1/s1. The third-order valence-corrected chi connectivity index (χ3v) is 29.0. The summed E-state index contributed by atoms with van der Waals surface area (Å²) in [6.45, 7) is 42.2. The molecule has 0 radical (unpaired) electrons. The number of ether oxygens (including phenoxy) is 5. The Balaban J connectivity index is 1.71. The van der Waals surface area contributed by atoms with Crippen molar-refractivity contribution < 1.29 is 41.8 Å². The van der Waals surface area contributed by atoms with E-state index in [1.165, 1.54) is 30.8 Å². The number of carbonyl (C=O) groups excluding carboxylic acids is 1. The Kier molecular flexibility index (Phi) is 19.9. The lowest BCUT2D eigenvalue weighted by Crippen LogP contribution is -2.49. The van der Waals surface area contributed by atoms with E-state index in [9.17, 15) is 4.79 Å². The average molecular weight is 883 g/mol. The maximum Gasteiger partial charge on any atom is 0.305 e. The summed E-state index contributed by atoms with van der Waals surface area (Å²) in [7, 11) is -2.61. The van der Waals surface area contributed by atoms with Gasteiger partial charge in [0.15, 0.2) is 25.0 Å². The normalized spacial score (nSPS) is 29.3. The van der Waals surface area contributed by atoms with E-state index >= 15 is 0 Å². The van der Waals surface area contributed by atoms with E-state index in [2.05, 4.69) is 109 Å². The first-order valence-corrected chi connectivity index (χ1v) is 31.6. The summed E-state index contributed by atoms with van der Waals surface area (Å²) in [5.74, 6) is -0.174. The van der Waals surface area contributed by atoms with Crippen molar-refractivity contribution in [2.45, 2.75) is 230 Å². The molecular weight excluding hydrogens is 793 g/mol. The molecule has 3 saturated heterocycles. The molecule has 0 aromatic carbocycles. The topological polar surface area (TPSA) is 90.9 Å². The van der Waals surface area contributed by atoms with Crippen LogP contribution in [-0.2, 0) is 41.8 Å². The Hall–Kier alpha value is -0.679. The molecule has 12 heteroatoms. The third kappa shape index (κ3) is 14.4. The Labute approximate surface area is 365 Å². The summed E-state index contributed by atoms with van der Waals surface area (Å²) in [5, 5.41) is 0.102. The summed E-state index contributed by atoms with van der Waals surface area (Å²) in [6, 6.07) is 3.56. The molecular formula is C47H90O9Si3. The van der Waals surface area contributed by atoms with Gasteiger partial charge in [-0.3, -0.25) is 4.79 Å². The lowest BCUT2D eigenvalue weighted by Gasteiger charge is -2.42. The van der Waals surface area contributed by atoms with Gasteiger partial charge < -0.3 is 37.0 Å². The molecule has 9 nitrogen and oxygen atoms in total. The number of esters is 1. The minimum Gasteiger partial charge on any atom is -0.469 e. The highest BCUT2D eigenvalue weighted by molar-refractivity contribution is 6.75. The van der Waals surface area contributed by atoms with E-state index in [4.69, 9.17) is 37.0 Å². The molecule has 0 saturated carbocycles. The predicted molar refractivity (Wildman–Crippen MR) is 250 cm³/mol. The monoisotopic (exact) mass is 883 g/mol. The molecule has 3 aliphatic rings. The van der Waals surface area contributed by atoms with Crippen LogP contribution in [0.25, 0.3) is 0 Å². The summed E-state index contributed by atoms with van der Waals surface area (Å²) >= 11 is 0. The van der Waals surface area contributed by atoms with Crippen LogP contribution in [0.4, 0.5) is 0 Å². The van der Waals surface area contributed by atoms with Crippen LogP contribution in [0.15, 0.2) is 24.3 Å². The van der Waals surface area contributed by atoms with Crippen molar-refractivity contribution in [3.05, 3.63) is 24.3 Å². The van der Waals surface area contributed by atoms with Crippen molar-refractivity contribution in [1.82, 2.24) is 0 Å². The predicted octanol–water partition coefficient (Wildman–Crippen LogP) is 11.8. The van der Waals surface area contributed by atoms with Gasteiger partial charge in [-0.15, -0.1) is 0 Å². The second kappa shape index (κ2) is 22.3. The molecule has 0 bridgehead atoms. The first-order chi connectivity index (χ1) is 27.4.